The highest BCUT2D eigenvalue weighted by Crippen LogP contribution is 2.11. The molecule has 1 aromatic rings. The number of hydrogen-bond acceptors (Lipinski definition) is 1. The van der Waals surface area contributed by atoms with Gasteiger partial charge in [-0.25, -0.2) is 13.2 Å². The molecule has 1 rings (SSSR count). The van der Waals surface area contributed by atoms with Crippen LogP contribution in [0.3, 0.4) is 0 Å². The van der Waals surface area contributed by atoms with Crippen molar-refractivity contribution >= 4 is 0 Å². The van der Waals surface area contributed by atoms with Gasteiger partial charge in [0.25, 0.3) is 12.0 Å². The fraction of sp³-hybridized carbons (Fsp3) is 0.500. The van der Waals surface area contributed by atoms with Crippen LogP contribution in [0.4, 0.5) is 13.2 Å². The van der Waals surface area contributed by atoms with Crippen molar-refractivity contribution in [3.8, 4) is 0 Å². The molecule has 0 saturated heterocycles. The van der Waals surface area contributed by atoms with Gasteiger partial charge in [-0.15, -0.1) is 0 Å². The van der Waals surface area contributed by atoms with Crippen molar-refractivity contribution in [2.75, 3.05) is 0 Å². The van der Waals surface area contributed by atoms with E-state index >= 15 is 0 Å². The van der Waals surface area contributed by atoms with E-state index in [-0.39, 0.29) is 11.5 Å². The summed E-state index contributed by atoms with van der Waals surface area (Å²) in [5.41, 5.74) is -0.331. The summed E-state index contributed by atoms with van der Waals surface area (Å²) in [5.74, 6) is -0.851. The Morgan fingerprint density at radius 3 is 2.47 bits per heavy atom. The maximum atomic E-state index is 13.0. The smallest absolute Gasteiger partial charge is 0.256 e. The van der Waals surface area contributed by atoms with Gasteiger partial charge < -0.3 is 4.57 Å². The molecule has 0 unspecified atom stereocenters. The Morgan fingerprint density at radius 2 is 2.00 bits per heavy atom. The third-order valence-electron chi connectivity index (χ3n) is 2.04. The van der Waals surface area contributed by atoms with Crippen molar-refractivity contribution in [1.82, 2.24) is 4.57 Å². The van der Waals surface area contributed by atoms with Crippen molar-refractivity contribution in [2.45, 2.75) is 32.7 Å². The first-order valence-electron chi connectivity index (χ1n) is 4.60. The Hall–Kier alpha value is -1.26. The highest BCUT2D eigenvalue weighted by molar-refractivity contribution is 5.15. The van der Waals surface area contributed by atoms with E-state index in [0.29, 0.717) is 0 Å². The fourth-order valence-corrected chi connectivity index (χ4v) is 1.32. The van der Waals surface area contributed by atoms with Crippen LogP contribution in [0.25, 0.3) is 0 Å². The maximum absolute atomic E-state index is 13.0. The largest absolute Gasteiger partial charge is 0.307 e. The summed E-state index contributed by atoms with van der Waals surface area (Å²) in [7, 11) is 0. The molecule has 84 valence electrons. The molecule has 2 nitrogen and oxygen atoms in total. The lowest BCUT2D eigenvalue weighted by atomic mass is 10.1. The van der Waals surface area contributed by atoms with Crippen LogP contribution in [0.5, 0.6) is 0 Å². The Morgan fingerprint density at radius 1 is 1.40 bits per heavy atom. The minimum Gasteiger partial charge on any atom is -0.307 e. The SMILES string of the molecule is CC(C)c1cc(F)cn(CC(F)F)c1=O. The summed E-state index contributed by atoms with van der Waals surface area (Å²) in [6.07, 6.45) is -1.86. The van der Waals surface area contributed by atoms with Gasteiger partial charge in [0, 0.05) is 11.8 Å². The van der Waals surface area contributed by atoms with Gasteiger partial charge in [0.05, 0.1) is 6.54 Å². The van der Waals surface area contributed by atoms with E-state index in [2.05, 4.69) is 0 Å². The third-order valence-corrected chi connectivity index (χ3v) is 2.04. The highest BCUT2D eigenvalue weighted by Gasteiger charge is 2.12. The lowest BCUT2D eigenvalue weighted by molar-refractivity contribution is 0.124. The number of rotatable bonds is 3. The number of pyridine rings is 1. The Balaban J connectivity index is 3.23. The van der Waals surface area contributed by atoms with Gasteiger partial charge in [-0.3, -0.25) is 4.79 Å². The second-order valence-electron chi connectivity index (χ2n) is 3.62. The van der Waals surface area contributed by atoms with Gasteiger partial charge in [-0.1, -0.05) is 13.8 Å². The molecule has 0 aliphatic rings. The molecule has 0 aliphatic carbocycles. The molecule has 0 aromatic carbocycles. The zero-order valence-corrected chi connectivity index (χ0v) is 8.51. The molecular weight excluding hydrogens is 207 g/mol. The molecule has 0 spiro atoms. The molecule has 5 heteroatoms. The molecule has 0 fully saturated rings. The zero-order chi connectivity index (χ0) is 11.6. The van der Waals surface area contributed by atoms with Crippen LogP contribution < -0.4 is 5.56 Å². The fourth-order valence-electron chi connectivity index (χ4n) is 1.32. The van der Waals surface area contributed by atoms with Crippen LogP contribution in [0.2, 0.25) is 0 Å². The van der Waals surface area contributed by atoms with E-state index in [4.69, 9.17) is 0 Å². The van der Waals surface area contributed by atoms with Gasteiger partial charge >= 0.3 is 0 Å². The second kappa shape index (κ2) is 4.51. The van der Waals surface area contributed by atoms with E-state index in [1.807, 2.05) is 0 Å². The molecular formula is C10H12F3NO. The topological polar surface area (TPSA) is 22.0 Å². The summed E-state index contributed by atoms with van der Waals surface area (Å²) in [6, 6.07) is 1.09. The van der Waals surface area contributed by atoms with E-state index in [0.717, 1.165) is 16.8 Å². The Labute approximate surface area is 85.3 Å². The van der Waals surface area contributed by atoms with E-state index in [1.54, 1.807) is 13.8 Å². The first kappa shape index (κ1) is 11.8. The van der Waals surface area contributed by atoms with E-state index in [9.17, 15) is 18.0 Å². The average Bonchev–Trinajstić information content (AvgIpc) is 2.09. The van der Waals surface area contributed by atoms with Crippen LogP contribution in [-0.4, -0.2) is 11.0 Å². The number of alkyl halides is 2. The van der Waals surface area contributed by atoms with Crippen molar-refractivity contribution in [3.05, 3.63) is 34.0 Å². The molecule has 0 radical (unpaired) electrons. The Bertz CT molecular complexity index is 398. The van der Waals surface area contributed by atoms with Crippen LogP contribution >= 0.6 is 0 Å². The van der Waals surface area contributed by atoms with Crippen LogP contribution in [0, 0.1) is 5.82 Å². The molecule has 0 saturated carbocycles. The predicted octanol–water partition coefficient (Wildman–Crippen LogP) is 2.38. The van der Waals surface area contributed by atoms with Crippen molar-refractivity contribution in [2.24, 2.45) is 0 Å². The van der Waals surface area contributed by atoms with Gasteiger partial charge in [0.15, 0.2) is 0 Å². The van der Waals surface area contributed by atoms with E-state index < -0.39 is 24.3 Å². The Kier molecular flexibility index (Phi) is 3.55. The zero-order valence-electron chi connectivity index (χ0n) is 8.51. The number of aromatic nitrogens is 1. The number of nitrogens with zero attached hydrogens (tertiary/aromatic N) is 1. The molecule has 0 N–H and O–H groups in total. The quantitative estimate of drug-likeness (QED) is 0.765. The molecule has 15 heavy (non-hydrogen) atoms. The lowest BCUT2D eigenvalue weighted by Crippen LogP contribution is -2.27. The van der Waals surface area contributed by atoms with Crippen LogP contribution in [-0.2, 0) is 6.54 Å². The maximum Gasteiger partial charge on any atom is 0.256 e. The molecule has 0 atom stereocenters. The van der Waals surface area contributed by atoms with Gasteiger partial charge in [-0.2, -0.15) is 0 Å². The second-order valence-corrected chi connectivity index (χ2v) is 3.62. The molecule has 0 aliphatic heterocycles. The standard InChI is InChI=1S/C10H12F3NO/c1-6(2)8-3-7(11)4-14(10(8)15)5-9(12)13/h3-4,6,9H,5H2,1-2H3. The van der Waals surface area contributed by atoms with Crippen LogP contribution in [0.1, 0.15) is 25.3 Å². The monoisotopic (exact) mass is 219 g/mol. The van der Waals surface area contributed by atoms with Crippen molar-refractivity contribution < 1.29 is 13.2 Å². The molecule has 0 bridgehead atoms. The third kappa shape index (κ3) is 2.84. The van der Waals surface area contributed by atoms with Crippen molar-refractivity contribution in [3.63, 3.8) is 0 Å². The molecule has 1 aromatic heterocycles. The lowest BCUT2D eigenvalue weighted by Gasteiger charge is -2.10. The van der Waals surface area contributed by atoms with Crippen LogP contribution in [0.15, 0.2) is 17.1 Å². The first-order valence-corrected chi connectivity index (χ1v) is 4.60. The minimum absolute atomic E-state index is 0.183. The predicted molar refractivity (Wildman–Crippen MR) is 50.8 cm³/mol. The molecule has 1 heterocycles. The number of halogens is 3. The average molecular weight is 219 g/mol. The number of hydrogen-bond donors (Lipinski definition) is 0. The van der Waals surface area contributed by atoms with Gasteiger partial charge in [-0.05, 0) is 12.0 Å². The first-order chi connectivity index (χ1) is 6.91. The normalized spacial score (nSPS) is 11.4. The van der Waals surface area contributed by atoms with Gasteiger partial charge in [0.2, 0.25) is 0 Å². The molecule has 0 amide bonds. The van der Waals surface area contributed by atoms with Crippen molar-refractivity contribution in [1.29, 1.82) is 0 Å². The van der Waals surface area contributed by atoms with E-state index in [1.165, 1.54) is 0 Å². The summed E-state index contributed by atoms with van der Waals surface area (Å²) >= 11 is 0. The van der Waals surface area contributed by atoms with Gasteiger partial charge in [0.1, 0.15) is 5.82 Å². The summed E-state index contributed by atoms with van der Waals surface area (Å²) in [4.78, 5) is 11.6. The minimum atomic E-state index is -2.66. The summed E-state index contributed by atoms with van der Waals surface area (Å²) in [6.45, 7) is 2.65. The summed E-state index contributed by atoms with van der Waals surface area (Å²) < 4.78 is 37.9. The highest BCUT2D eigenvalue weighted by atomic mass is 19.3. The summed E-state index contributed by atoms with van der Waals surface area (Å²) in [5, 5.41) is 0.